The van der Waals surface area contributed by atoms with E-state index in [0.29, 0.717) is 0 Å². The first kappa shape index (κ1) is 19.5. The van der Waals surface area contributed by atoms with E-state index in [1.807, 2.05) is 6.92 Å². The van der Waals surface area contributed by atoms with Crippen LogP contribution in [0.4, 0.5) is 0 Å². The standard InChI is InChI=1S/C21H32O2/c1-16-8-6-10-17(2)12-14-20(19(4)21(22)23-5)15-13-18(3)11-7-9-16/h8,11-12,14,19H,6-7,9-10,13,15H2,1-5H3/b16-8+,17-12+,18-11+,20-14+/t19-/m0/s1. The van der Waals surface area contributed by atoms with Crippen LogP contribution >= 0.6 is 0 Å². The van der Waals surface area contributed by atoms with Crippen LogP contribution in [0.1, 0.15) is 66.2 Å². The molecule has 0 aromatic carbocycles. The van der Waals surface area contributed by atoms with Gasteiger partial charge in [-0.1, -0.05) is 46.6 Å². The van der Waals surface area contributed by atoms with Crippen LogP contribution < -0.4 is 0 Å². The average molecular weight is 316 g/mol. The summed E-state index contributed by atoms with van der Waals surface area (Å²) >= 11 is 0. The van der Waals surface area contributed by atoms with Gasteiger partial charge in [-0.15, -0.1) is 0 Å². The number of methoxy groups -OCH3 is 1. The monoisotopic (exact) mass is 316 g/mol. The van der Waals surface area contributed by atoms with Crippen LogP contribution in [0.25, 0.3) is 0 Å². The van der Waals surface area contributed by atoms with Gasteiger partial charge >= 0.3 is 5.97 Å². The lowest BCUT2D eigenvalue weighted by Gasteiger charge is -2.14. The summed E-state index contributed by atoms with van der Waals surface area (Å²) in [7, 11) is 1.46. The summed E-state index contributed by atoms with van der Waals surface area (Å²) in [5.41, 5.74) is 5.40. The first-order chi connectivity index (χ1) is 10.9. The molecule has 1 aliphatic rings. The van der Waals surface area contributed by atoms with Crippen LogP contribution in [0.3, 0.4) is 0 Å². The number of rotatable bonds is 2. The third-order valence-electron chi connectivity index (χ3n) is 4.56. The largest absolute Gasteiger partial charge is 0.469 e. The number of esters is 1. The lowest BCUT2D eigenvalue weighted by molar-refractivity contribution is -0.143. The predicted octanol–water partition coefficient (Wildman–Crippen LogP) is 5.92. The molecule has 2 nitrogen and oxygen atoms in total. The Balaban J connectivity index is 2.99. The quantitative estimate of drug-likeness (QED) is 0.467. The van der Waals surface area contributed by atoms with E-state index in [1.54, 1.807) is 0 Å². The molecule has 0 radical (unpaired) electrons. The number of carbonyl (C=O) groups is 1. The Morgan fingerprint density at radius 2 is 1.48 bits per heavy atom. The van der Waals surface area contributed by atoms with E-state index in [-0.39, 0.29) is 11.9 Å². The maximum atomic E-state index is 11.9. The van der Waals surface area contributed by atoms with Gasteiger partial charge in [-0.05, 0) is 66.2 Å². The van der Waals surface area contributed by atoms with Gasteiger partial charge in [0.2, 0.25) is 0 Å². The van der Waals surface area contributed by atoms with Crippen LogP contribution in [0, 0.1) is 5.92 Å². The van der Waals surface area contributed by atoms with Crippen molar-refractivity contribution < 1.29 is 9.53 Å². The van der Waals surface area contributed by atoms with Crippen molar-refractivity contribution in [3.63, 3.8) is 0 Å². The third kappa shape index (κ3) is 7.49. The smallest absolute Gasteiger partial charge is 0.312 e. The fourth-order valence-corrected chi connectivity index (χ4v) is 2.74. The van der Waals surface area contributed by atoms with E-state index < -0.39 is 0 Å². The van der Waals surface area contributed by atoms with Gasteiger partial charge in [-0.25, -0.2) is 0 Å². The molecule has 0 saturated carbocycles. The highest BCUT2D eigenvalue weighted by Gasteiger charge is 2.17. The molecule has 0 aromatic heterocycles. The topological polar surface area (TPSA) is 26.3 Å². The normalized spacial score (nSPS) is 28.6. The molecule has 1 aliphatic carbocycles. The van der Waals surface area contributed by atoms with E-state index in [2.05, 4.69) is 45.1 Å². The van der Waals surface area contributed by atoms with Gasteiger partial charge in [-0.3, -0.25) is 4.79 Å². The van der Waals surface area contributed by atoms with Gasteiger partial charge in [-0.2, -0.15) is 0 Å². The van der Waals surface area contributed by atoms with Crippen LogP contribution in [-0.4, -0.2) is 13.1 Å². The number of allylic oxidation sites excluding steroid dienone is 7. The molecule has 0 heterocycles. The SMILES string of the molecule is COC(=O)[C@@H](C)/C1=C/C=C(\C)CC/C=C(\C)CC/C=C(\C)CC1. The van der Waals surface area contributed by atoms with Crippen molar-refractivity contribution in [2.45, 2.75) is 66.2 Å². The van der Waals surface area contributed by atoms with Gasteiger partial charge in [0.15, 0.2) is 0 Å². The Kier molecular flexibility index (Phi) is 8.68. The van der Waals surface area contributed by atoms with Crippen molar-refractivity contribution in [2.75, 3.05) is 7.11 Å². The molecular weight excluding hydrogens is 284 g/mol. The number of carbonyl (C=O) groups excluding carboxylic acids is 1. The zero-order valence-corrected chi connectivity index (χ0v) is 15.4. The van der Waals surface area contributed by atoms with Crippen molar-refractivity contribution in [2.24, 2.45) is 5.92 Å². The van der Waals surface area contributed by atoms with Gasteiger partial charge in [0.25, 0.3) is 0 Å². The molecule has 0 bridgehead atoms. The fourth-order valence-electron chi connectivity index (χ4n) is 2.74. The van der Waals surface area contributed by atoms with Gasteiger partial charge < -0.3 is 4.74 Å². The van der Waals surface area contributed by atoms with Crippen molar-refractivity contribution in [1.82, 2.24) is 0 Å². The Morgan fingerprint density at radius 1 is 0.913 bits per heavy atom. The molecule has 0 aromatic rings. The number of hydrogen-bond donors (Lipinski definition) is 0. The van der Waals surface area contributed by atoms with Crippen LogP contribution in [0.5, 0.6) is 0 Å². The summed E-state index contributed by atoms with van der Waals surface area (Å²) < 4.78 is 4.92. The summed E-state index contributed by atoms with van der Waals surface area (Å²) in [6.07, 6.45) is 15.3. The minimum absolute atomic E-state index is 0.149. The molecule has 0 unspecified atom stereocenters. The molecule has 2 heteroatoms. The van der Waals surface area contributed by atoms with Crippen LogP contribution in [0.2, 0.25) is 0 Å². The summed E-state index contributed by atoms with van der Waals surface area (Å²) in [4.78, 5) is 11.9. The predicted molar refractivity (Wildman–Crippen MR) is 98.2 cm³/mol. The molecule has 128 valence electrons. The third-order valence-corrected chi connectivity index (χ3v) is 4.56. The van der Waals surface area contributed by atoms with Crippen molar-refractivity contribution in [3.05, 3.63) is 46.6 Å². The molecule has 1 rings (SSSR count). The molecule has 0 N–H and O–H groups in total. The lowest BCUT2D eigenvalue weighted by Crippen LogP contribution is -2.15. The van der Waals surface area contributed by atoms with Crippen LogP contribution in [-0.2, 0) is 9.53 Å². The Labute approximate surface area is 142 Å². The van der Waals surface area contributed by atoms with Crippen molar-refractivity contribution >= 4 is 5.97 Å². The molecule has 0 aliphatic heterocycles. The molecule has 0 fully saturated rings. The molecule has 1 atom stereocenters. The first-order valence-electron chi connectivity index (χ1n) is 8.69. The molecule has 0 spiro atoms. The first-order valence-corrected chi connectivity index (χ1v) is 8.69. The number of hydrogen-bond acceptors (Lipinski definition) is 2. The van der Waals surface area contributed by atoms with E-state index in [9.17, 15) is 4.79 Å². The molecule has 0 saturated heterocycles. The maximum Gasteiger partial charge on any atom is 0.312 e. The lowest BCUT2D eigenvalue weighted by atomic mass is 9.93. The highest BCUT2D eigenvalue weighted by atomic mass is 16.5. The van der Waals surface area contributed by atoms with Crippen LogP contribution in [0.15, 0.2) is 46.6 Å². The average Bonchev–Trinajstić information content (AvgIpc) is 2.52. The van der Waals surface area contributed by atoms with Gasteiger partial charge in [0, 0.05) is 0 Å². The Morgan fingerprint density at radius 3 is 2.09 bits per heavy atom. The van der Waals surface area contributed by atoms with Gasteiger partial charge in [0.05, 0.1) is 13.0 Å². The Hall–Kier alpha value is -1.57. The fraction of sp³-hybridized carbons (Fsp3) is 0.571. The van der Waals surface area contributed by atoms with E-state index >= 15 is 0 Å². The summed E-state index contributed by atoms with van der Waals surface area (Å²) in [5.74, 6) is -0.324. The minimum Gasteiger partial charge on any atom is -0.469 e. The van der Waals surface area contributed by atoms with E-state index in [1.165, 1.54) is 23.8 Å². The van der Waals surface area contributed by atoms with E-state index in [0.717, 1.165) is 44.1 Å². The van der Waals surface area contributed by atoms with Crippen molar-refractivity contribution in [1.29, 1.82) is 0 Å². The highest BCUT2D eigenvalue weighted by Crippen LogP contribution is 2.22. The minimum atomic E-state index is -0.174. The second-order valence-corrected chi connectivity index (χ2v) is 6.68. The molecule has 23 heavy (non-hydrogen) atoms. The molecular formula is C21H32O2. The van der Waals surface area contributed by atoms with Crippen molar-refractivity contribution in [3.8, 4) is 0 Å². The van der Waals surface area contributed by atoms with Gasteiger partial charge in [0.1, 0.15) is 0 Å². The summed E-state index contributed by atoms with van der Waals surface area (Å²) in [6, 6.07) is 0. The highest BCUT2D eigenvalue weighted by molar-refractivity contribution is 5.75. The summed E-state index contributed by atoms with van der Waals surface area (Å²) in [6.45, 7) is 8.52. The second-order valence-electron chi connectivity index (χ2n) is 6.68. The zero-order valence-electron chi connectivity index (χ0n) is 15.4. The maximum absolute atomic E-state index is 11.9. The Bertz CT molecular complexity index is 518. The second kappa shape index (κ2) is 10.3. The zero-order chi connectivity index (χ0) is 17.2. The summed E-state index contributed by atoms with van der Waals surface area (Å²) in [5, 5.41) is 0. The van der Waals surface area contributed by atoms with E-state index in [4.69, 9.17) is 4.74 Å². The number of ether oxygens (including phenoxy) is 1. The molecule has 0 amide bonds.